The summed E-state index contributed by atoms with van der Waals surface area (Å²) in [5.41, 5.74) is 0.957. The van der Waals surface area contributed by atoms with Crippen molar-refractivity contribution in [2.45, 2.75) is 19.4 Å². The first-order chi connectivity index (χ1) is 14.0. The molecule has 0 aliphatic heterocycles. The molecule has 2 amide bonds. The van der Waals surface area contributed by atoms with E-state index in [1.165, 1.54) is 10.9 Å². The molecule has 0 atom stereocenters. The lowest BCUT2D eigenvalue weighted by Gasteiger charge is -2.07. The Morgan fingerprint density at radius 2 is 1.79 bits per heavy atom. The highest BCUT2D eigenvalue weighted by molar-refractivity contribution is 5.94. The smallest absolute Gasteiger partial charge is 0.243 e. The topological polar surface area (TPSA) is 102 Å². The quantitative estimate of drug-likeness (QED) is 0.603. The van der Waals surface area contributed by atoms with Crippen LogP contribution >= 0.6 is 0 Å². The molecule has 1 heterocycles. The van der Waals surface area contributed by atoms with Gasteiger partial charge in [-0.1, -0.05) is 30.3 Å². The standard InChI is InChI=1S/C19H18F2N6O2/c20-15-9-8-14(11-16(15)21)23-18(29)12-22-17(28)7-4-10-27-25-19(24-26-27)13-5-2-1-3-6-13/h1-3,5-6,8-9,11H,4,7,10,12H2,(H,22,28)(H,23,29). The van der Waals surface area contributed by atoms with Crippen LogP contribution in [0.3, 0.4) is 0 Å². The van der Waals surface area contributed by atoms with Crippen molar-refractivity contribution in [3.05, 3.63) is 60.2 Å². The molecule has 0 unspecified atom stereocenters. The van der Waals surface area contributed by atoms with Crippen molar-refractivity contribution in [3.63, 3.8) is 0 Å². The maximum absolute atomic E-state index is 13.1. The number of halogens is 2. The van der Waals surface area contributed by atoms with Crippen LogP contribution in [0.15, 0.2) is 48.5 Å². The summed E-state index contributed by atoms with van der Waals surface area (Å²) in [5.74, 6) is -2.44. The van der Waals surface area contributed by atoms with Crippen molar-refractivity contribution in [1.82, 2.24) is 25.5 Å². The van der Waals surface area contributed by atoms with Crippen molar-refractivity contribution < 1.29 is 18.4 Å². The van der Waals surface area contributed by atoms with E-state index in [0.717, 1.165) is 17.7 Å². The van der Waals surface area contributed by atoms with Gasteiger partial charge in [-0.2, -0.15) is 4.80 Å². The molecule has 0 fully saturated rings. The first-order valence-corrected chi connectivity index (χ1v) is 8.86. The van der Waals surface area contributed by atoms with Crippen molar-refractivity contribution in [3.8, 4) is 11.4 Å². The lowest BCUT2D eigenvalue weighted by atomic mass is 10.2. The summed E-state index contributed by atoms with van der Waals surface area (Å²) in [7, 11) is 0. The van der Waals surface area contributed by atoms with Gasteiger partial charge in [-0.15, -0.1) is 10.2 Å². The van der Waals surface area contributed by atoms with E-state index in [0.29, 0.717) is 18.8 Å². The minimum Gasteiger partial charge on any atom is -0.347 e. The number of carbonyl (C=O) groups excluding carboxylic acids is 2. The first-order valence-electron chi connectivity index (χ1n) is 8.86. The van der Waals surface area contributed by atoms with Gasteiger partial charge >= 0.3 is 0 Å². The number of tetrazole rings is 1. The van der Waals surface area contributed by atoms with E-state index in [4.69, 9.17) is 0 Å². The molecule has 2 N–H and O–H groups in total. The van der Waals surface area contributed by atoms with Gasteiger partial charge in [0.2, 0.25) is 17.6 Å². The Kier molecular flexibility index (Phi) is 6.56. The summed E-state index contributed by atoms with van der Waals surface area (Å²) in [6.45, 7) is 0.117. The number of hydrogen-bond acceptors (Lipinski definition) is 5. The number of amides is 2. The van der Waals surface area contributed by atoms with E-state index in [2.05, 4.69) is 26.0 Å². The number of nitrogens with zero attached hydrogens (tertiary/aromatic N) is 4. The van der Waals surface area contributed by atoms with Crippen molar-refractivity contribution in [2.24, 2.45) is 0 Å². The average Bonchev–Trinajstić information content (AvgIpc) is 3.19. The zero-order valence-corrected chi connectivity index (χ0v) is 15.3. The third kappa shape index (κ3) is 5.89. The Morgan fingerprint density at radius 1 is 1.00 bits per heavy atom. The molecule has 150 valence electrons. The fourth-order valence-corrected chi connectivity index (χ4v) is 2.47. The van der Waals surface area contributed by atoms with Gasteiger partial charge in [0.25, 0.3) is 0 Å². The molecule has 0 aliphatic rings. The van der Waals surface area contributed by atoms with Crippen molar-refractivity contribution in [1.29, 1.82) is 0 Å². The SMILES string of the molecule is O=C(CCCn1nnc(-c2ccccc2)n1)NCC(=O)Nc1ccc(F)c(F)c1. The van der Waals surface area contributed by atoms with Crippen molar-refractivity contribution in [2.75, 3.05) is 11.9 Å². The molecule has 1 aromatic heterocycles. The number of hydrogen-bond donors (Lipinski definition) is 2. The van der Waals surface area contributed by atoms with Gasteiger partial charge in [-0.25, -0.2) is 8.78 Å². The summed E-state index contributed by atoms with van der Waals surface area (Å²) in [4.78, 5) is 25.0. The predicted octanol–water partition coefficient (Wildman–Crippen LogP) is 2.15. The Bertz CT molecular complexity index is 993. The van der Waals surface area contributed by atoms with Crippen LogP contribution in [0.25, 0.3) is 11.4 Å². The van der Waals surface area contributed by atoms with E-state index in [1.807, 2.05) is 30.3 Å². The van der Waals surface area contributed by atoms with Gasteiger partial charge in [0.05, 0.1) is 13.1 Å². The molecule has 0 spiro atoms. The highest BCUT2D eigenvalue weighted by Gasteiger charge is 2.09. The van der Waals surface area contributed by atoms with Crippen LogP contribution in [0.4, 0.5) is 14.5 Å². The zero-order valence-electron chi connectivity index (χ0n) is 15.3. The van der Waals surface area contributed by atoms with E-state index in [9.17, 15) is 18.4 Å². The molecule has 0 bridgehead atoms. The third-order valence-corrected chi connectivity index (χ3v) is 3.90. The largest absolute Gasteiger partial charge is 0.347 e. The number of benzene rings is 2. The monoisotopic (exact) mass is 400 g/mol. The lowest BCUT2D eigenvalue weighted by Crippen LogP contribution is -2.32. The Balaban J connectivity index is 1.37. The van der Waals surface area contributed by atoms with Crippen LogP contribution in [-0.2, 0) is 16.1 Å². The molecular weight excluding hydrogens is 382 g/mol. The second-order valence-corrected chi connectivity index (χ2v) is 6.13. The van der Waals surface area contributed by atoms with Gasteiger partial charge < -0.3 is 10.6 Å². The third-order valence-electron chi connectivity index (χ3n) is 3.90. The fraction of sp³-hybridized carbons (Fsp3) is 0.211. The van der Waals surface area contributed by atoms with Crippen LogP contribution in [0, 0.1) is 11.6 Å². The molecule has 29 heavy (non-hydrogen) atoms. The second-order valence-electron chi connectivity index (χ2n) is 6.13. The molecule has 8 nitrogen and oxygen atoms in total. The molecule has 0 aliphatic carbocycles. The maximum Gasteiger partial charge on any atom is 0.243 e. The van der Waals surface area contributed by atoms with Crippen LogP contribution in [0.2, 0.25) is 0 Å². The summed E-state index contributed by atoms with van der Waals surface area (Å²) in [5, 5.41) is 17.0. The van der Waals surface area contributed by atoms with Gasteiger partial charge in [0.15, 0.2) is 11.6 Å². The van der Waals surface area contributed by atoms with E-state index < -0.39 is 17.5 Å². The van der Waals surface area contributed by atoms with Crippen LogP contribution in [-0.4, -0.2) is 38.6 Å². The molecular formula is C19H18F2N6O2. The second kappa shape index (κ2) is 9.49. The molecule has 3 rings (SSSR count). The Morgan fingerprint density at radius 3 is 2.55 bits per heavy atom. The highest BCUT2D eigenvalue weighted by atomic mass is 19.2. The summed E-state index contributed by atoms with van der Waals surface area (Å²) in [6, 6.07) is 12.4. The Labute approximate surface area is 164 Å². The van der Waals surface area contributed by atoms with Crippen LogP contribution in [0.5, 0.6) is 0 Å². The lowest BCUT2D eigenvalue weighted by molar-refractivity contribution is -0.124. The first kappa shape index (κ1) is 20.1. The molecule has 3 aromatic rings. The van der Waals surface area contributed by atoms with Crippen LogP contribution in [0.1, 0.15) is 12.8 Å². The predicted molar refractivity (Wildman–Crippen MR) is 100 cm³/mol. The summed E-state index contributed by atoms with van der Waals surface area (Å²) in [6.07, 6.45) is 0.627. The number of aryl methyl sites for hydroxylation is 1. The molecule has 0 saturated heterocycles. The van der Waals surface area contributed by atoms with Gasteiger partial charge in [-0.3, -0.25) is 9.59 Å². The molecule has 2 aromatic carbocycles. The van der Waals surface area contributed by atoms with Gasteiger partial charge in [-0.05, 0) is 23.8 Å². The van der Waals surface area contributed by atoms with Gasteiger partial charge in [0.1, 0.15) is 0 Å². The minimum absolute atomic E-state index is 0.106. The molecule has 10 heteroatoms. The Hall–Kier alpha value is -3.69. The number of aromatic nitrogens is 4. The molecule has 0 saturated carbocycles. The van der Waals surface area contributed by atoms with Crippen molar-refractivity contribution >= 4 is 17.5 Å². The summed E-state index contributed by atoms with van der Waals surface area (Å²) < 4.78 is 26.0. The van der Waals surface area contributed by atoms with Crippen LogP contribution < -0.4 is 10.6 Å². The highest BCUT2D eigenvalue weighted by Crippen LogP contribution is 2.13. The fourth-order valence-electron chi connectivity index (χ4n) is 2.47. The van der Waals surface area contributed by atoms with Gasteiger partial charge in [0, 0.05) is 23.7 Å². The van der Waals surface area contributed by atoms with E-state index >= 15 is 0 Å². The van der Waals surface area contributed by atoms with E-state index in [1.54, 1.807) is 0 Å². The molecule has 0 radical (unpaired) electrons. The minimum atomic E-state index is -1.07. The normalized spacial score (nSPS) is 10.6. The average molecular weight is 400 g/mol. The van der Waals surface area contributed by atoms with E-state index in [-0.39, 0.29) is 24.6 Å². The number of nitrogens with one attached hydrogen (secondary N) is 2. The number of rotatable bonds is 8. The summed E-state index contributed by atoms with van der Waals surface area (Å²) >= 11 is 0. The number of anilines is 1. The zero-order chi connectivity index (χ0) is 20.6. The maximum atomic E-state index is 13.1. The number of carbonyl (C=O) groups is 2.